The van der Waals surface area contributed by atoms with Crippen molar-refractivity contribution in [2.24, 2.45) is 0 Å². The molecular weight excluding hydrogens is 546 g/mol. The van der Waals surface area contributed by atoms with Crippen LogP contribution in [-0.4, -0.2) is 44.3 Å². The number of benzene rings is 3. The molecule has 40 heavy (non-hydrogen) atoms. The van der Waals surface area contributed by atoms with E-state index >= 15 is 0 Å². The zero-order valence-electron chi connectivity index (χ0n) is 23.8. The van der Waals surface area contributed by atoms with Crippen molar-refractivity contribution in [3.05, 3.63) is 94.0 Å². The lowest BCUT2D eigenvalue weighted by atomic mass is 10.1. The number of sulfonamides is 1. The van der Waals surface area contributed by atoms with Crippen LogP contribution >= 0.6 is 11.6 Å². The molecule has 1 N–H and O–H groups in total. The van der Waals surface area contributed by atoms with Crippen LogP contribution in [-0.2, 0) is 26.2 Å². The SMILES string of the molecule is CCCCNC(=O)[C@H](C)N(Cc1ccccc1Cl)C(=O)CN(c1cc(C)ccc1C)S(=O)(=O)c1ccc(C)cc1. The van der Waals surface area contributed by atoms with Crippen LogP contribution in [0.5, 0.6) is 0 Å². The van der Waals surface area contributed by atoms with E-state index in [1.807, 2.05) is 39.8 Å². The smallest absolute Gasteiger partial charge is 0.264 e. The third kappa shape index (κ3) is 7.64. The minimum absolute atomic E-state index is 0.0477. The Morgan fingerprint density at radius 2 is 1.60 bits per heavy atom. The Kier molecular flexibility index (Phi) is 10.8. The molecule has 0 heterocycles. The fraction of sp³-hybridized carbons (Fsp3) is 0.355. The summed E-state index contributed by atoms with van der Waals surface area (Å²) < 4.78 is 29.2. The molecule has 0 unspecified atom stereocenters. The standard InChI is InChI=1S/C31H38ClN3O4S/c1-6-7-18-33-31(37)25(5)34(20-26-10-8-9-11-28(26)32)30(36)21-35(29-19-23(3)12-15-24(29)4)40(38,39)27-16-13-22(2)14-17-27/h8-17,19,25H,6-7,18,20-21H2,1-5H3,(H,33,37)/t25-/m0/s1. The van der Waals surface area contributed by atoms with Gasteiger partial charge in [-0.1, -0.05) is 73.0 Å². The average molecular weight is 584 g/mol. The van der Waals surface area contributed by atoms with E-state index in [2.05, 4.69) is 5.32 Å². The monoisotopic (exact) mass is 583 g/mol. The van der Waals surface area contributed by atoms with E-state index in [9.17, 15) is 18.0 Å². The van der Waals surface area contributed by atoms with Gasteiger partial charge >= 0.3 is 0 Å². The number of amides is 2. The molecule has 0 saturated carbocycles. The summed E-state index contributed by atoms with van der Waals surface area (Å²) in [6.45, 7) is 9.28. The molecule has 0 aliphatic carbocycles. The Morgan fingerprint density at radius 1 is 0.950 bits per heavy atom. The van der Waals surface area contributed by atoms with Crippen LogP contribution in [0.15, 0.2) is 71.6 Å². The molecule has 3 aromatic carbocycles. The molecule has 7 nitrogen and oxygen atoms in total. The largest absolute Gasteiger partial charge is 0.354 e. The molecule has 0 saturated heterocycles. The maximum absolute atomic E-state index is 14.0. The summed E-state index contributed by atoms with van der Waals surface area (Å²) in [6.07, 6.45) is 1.73. The van der Waals surface area contributed by atoms with E-state index in [4.69, 9.17) is 11.6 Å². The van der Waals surface area contributed by atoms with Crippen molar-refractivity contribution in [1.82, 2.24) is 10.2 Å². The predicted molar refractivity (Wildman–Crippen MR) is 161 cm³/mol. The molecule has 3 rings (SSSR count). The van der Waals surface area contributed by atoms with Crippen molar-refractivity contribution in [3.8, 4) is 0 Å². The number of anilines is 1. The number of carbonyl (C=O) groups excluding carboxylic acids is 2. The Morgan fingerprint density at radius 3 is 2.25 bits per heavy atom. The van der Waals surface area contributed by atoms with Gasteiger partial charge in [0, 0.05) is 18.1 Å². The highest BCUT2D eigenvalue weighted by Crippen LogP contribution is 2.29. The molecular formula is C31H38ClN3O4S. The van der Waals surface area contributed by atoms with E-state index in [1.54, 1.807) is 61.5 Å². The number of halogens is 1. The fourth-order valence-corrected chi connectivity index (χ4v) is 5.93. The number of hydrogen-bond donors (Lipinski definition) is 1. The Hall–Kier alpha value is -3.36. The second-order valence-corrected chi connectivity index (χ2v) is 12.3. The highest BCUT2D eigenvalue weighted by molar-refractivity contribution is 7.92. The molecule has 0 bridgehead atoms. The first kappa shape index (κ1) is 31.2. The Balaban J connectivity index is 2.05. The first-order chi connectivity index (χ1) is 18.9. The molecule has 0 radical (unpaired) electrons. The maximum Gasteiger partial charge on any atom is 0.264 e. The first-order valence-electron chi connectivity index (χ1n) is 13.4. The van der Waals surface area contributed by atoms with E-state index in [1.165, 1.54) is 4.90 Å². The van der Waals surface area contributed by atoms with Crippen molar-refractivity contribution in [1.29, 1.82) is 0 Å². The van der Waals surface area contributed by atoms with Gasteiger partial charge in [-0.3, -0.25) is 13.9 Å². The van der Waals surface area contributed by atoms with Crippen molar-refractivity contribution < 1.29 is 18.0 Å². The minimum Gasteiger partial charge on any atom is -0.354 e. The van der Waals surface area contributed by atoms with Gasteiger partial charge < -0.3 is 10.2 Å². The summed E-state index contributed by atoms with van der Waals surface area (Å²) in [5.41, 5.74) is 3.55. The molecule has 0 fully saturated rings. The fourth-order valence-electron chi connectivity index (χ4n) is 4.27. The van der Waals surface area contributed by atoms with E-state index in [0.29, 0.717) is 28.4 Å². The summed E-state index contributed by atoms with van der Waals surface area (Å²) in [6, 6.07) is 18.3. The topological polar surface area (TPSA) is 86.8 Å². The Labute approximate surface area is 243 Å². The van der Waals surface area contributed by atoms with Gasteiger partial charge in [0.05, 0.1) is 10.6 Å². The van der Waals surface area contributed by atoms with Gasteiger partial charge in [0.15, 0.2) is 0 Å². The van der Waals surface area contributed by atoms with Crippen LogP contribution < -0.4 is 9.62 Å². The van der Waals surface area contributed by atoms with Crippen molar-refractivity contribution in [3.63, 3.8) is 0 Å². The third-order valence-electron chi connectivity index (χ3n) is 6.82. The number of nitrogens with one attached hydrogen (secondary N) is 1. The van der Waals surface area contributed by atoms with Crippen LogP contribution in [0.3, 0.4) is 0 Å². The van der Waals surface area contributed by atoms with Gasteiger partial charge in [-0.15, -0.1) is 0 Å². The van der Waals surface area contributed by atoms with Crippen LogP contribution in [0.1, 0.15) is 48.9 Å². The van der Waals surface area contributed by atoms with Gasteiger partial charge in [-0.05, 0) is 75.1 Å². The average Bonchev–Trinajstić information content (AvgIpc) is 2.92. The van der Waals surface area contributed by atoms with E-state index in [0.717, 1.165) is 28.3 Å². The van der Waals surface area contributed by atoms with Crippen LogP contribution in [0.25, 0.3) is 0 Å². The lowest BCUT2D eigenvalue weighted by molar-refractivity contribution is -0.139. The third-order valence-corrected chi connectivity index (χ3v) is 8.96. The molecule has 9 heteroatoms. The first-order valence-corrected chi connectivity index (χ1v) is 15.2. The molecule has 0 aromatic heterocycles. The second kappa shape index (κ2) is 13.8. The van der Waals surface area contributed by atoms with Crippen LogP contribution in [0, 0.1) is 20.8 Å². The van der Waals surface area contributed by atoms with Crippen LogP contribution in [0.4, 0.5) is 5.69 Å². The molecule has 0 aliphatic heterocycles. The second-order valence-electron chi connectivity index (χ2n) is 10.0. The molecule has 214 valence electrons. The lowest BCUT2D eigenvalue weighted by Gasteiger charge is -2.32. The minimum atomic E-state index is -4.12. The number of aryl methyl sites for hydroxylation is 3. The predicted octanol–water partition coefficient (Wildman–Crippen LogP) is 5.79. The summed E-state index contributed by atoms with van der Waals surface area (Å²) in [7, 11) is -4.12. The highest BCUT2D eigenvalue weighted by atomic mass is 35.5. The summed E-state index contributed by atoms with van der Waals surface area (Å²) in [4.78, 5) is 28.6. The van der Waals surface area contributed by atoms with E-state index in [-0.39, 0.29) is 17.3 Å². The van der Waals surface area contributed by atoms with Gasteiger partial charge in [0.1, 0.15) is 12.6 Å². The maximum atomic E-state index is 14.0. The van der Waals surface area contributed by atoms with Crippen molar-refractivity contribution >= 4 is 39.1 Å². The molecule has 0 spiro atoms. The zero-order chi connectivity index (χ0) is 29.4. The summed E-state index contributed by atoms with van der Waals surface area (Å²) >= 11 is 6.42. The summed E-state index contributed by atoms with van der Waals surface area (Å²) in [5.74, 6) is -0.830. The number of nitrogens with zero attached hydrogens (tertiary/aromatic N) is 2. The highest BCUT2D eigenvalue weighted by Gasteiger charge is 2.33. The van der Waals surface area contributed by atoms with E-state index < -0.39 is 28.5 Å². The van der Waals surface area contributed by atoms with Gasteiger partial charge in [-0.25, -0.2) is 8.42 Å². The molecule has 3 aromatic rings. The molecule has 2 amide bonds. The van der Waals surface area contributed by atoms with Gasteiger partial charge in [0.25, 0.3) is 10.0 Å². The number of carbonyl (C=O) groups is 2. The zero-order valence-corrected chi connectivity index (χ0v) is 25.3. The number of unbranched alkanes of at least 4 members (excludes halogenated alkanes) is 1. The van der Waals surface area contributed by atoms with Crippen LogP contribution in [0.2, 0.25) is 5.02 Å². The lowest BCUT2D eigenvalue weighted by Crippen LogP contribution is -2.51. The molecule has 1 atom stereocenters. The quantitative estimate of drug-likeness (QED) is 0.273. The van der Waals surface area contributed by atoms with Gasteiger partial charge in [-0.2, -0.15) is 0 Å². The van der Waals surface area contributed by atoms with Crippen molar-refractivity contribution in [2.75, 3.05) is 17.4 Å². The number of hydrogen-bond acceptors (Lipinski definition) is 4. The number of rotatable bonds is 12. The van der Waals surface area contributed by atoms with Gasteiger partial charge in [0.2, 0.25) is 11.8 Å². The summed E-state index contributed by atoms with van der Waals surface area (Å²) in [5, 5.41) is 3.34. The molecule has 0 aliphatic rings. The van der Waals surface area contributed by atoms with Crippen molar-refractivity contribution in [2.45, 2.75) is 64.9 Å². The Bertz CT molecular complexity index is 1440. The normalized spacial score (nSPS) is 12.1.